The summed E-state index contributed by atoms with van der Waals surface area (Å²) in [6, 6.07) is 0. The number of rotatable bonds is 4. The van der Waals surface area contributed by atoms with E-state index in [1.807, 2.05) is 0 Å². The van der Waals surface area contributed by atoms with Crippen LogP contribution in [0.3, 0.4) is 0 Å². The Labute approximate surface area is 79.4 Å². The third-order valence-electron chi connectivity index (χ3n) is 1.76. The van der Waals surface area contributed by atoms with E-state index in [-0.39, 0.29) is 12.8 Å². The highest BCUT2D eigenvalue weighted by Gasteiger charge is 2.29. The van der Waals surface area contributed by atoms with Crippen molar-refractivity contribution in [1.82, 2.24) is 4.90 Å². The Morgan fingerprint density at radius 3 is 2.29 bits per heavy atom. The van der Waals surface area contributed by atoms with E-state index in [4.69, 9.17) is 5.11 Å². The molecule has 0 aromatic carbocycles. The number of nitrogens with zero attached hydrogens (tertiary/aromatic N) is 1. The molecule has 1 atom stereocenters. The zero-order chi connectivity index (χ0) is 10.7. The van der Waals surface area contributed by atoms with Crippen molar-refractivity contribution in [3.05, 3.63) is 12.2 Å². The number of carboxylic acid groups (broad SMARTS) is 1. The normalized spacial score (nSPS) is 17.6. The minimum atomic E-state index is -1.36. The van der Waals surface area contributed by atoms with Gasteiger partial charge in [-0.15, -0.1) is 0 Å². The van der Waals surface area contributed by atoms with Gasteiger partial charge in [-0.3, -0.25) is 14.4 Å². The second-order valence-electron chi connectivity index (χ2n) is 2.79. The van der Waals surface area contributed by atoms with Crippen LogP contribution in [0.15, 0.2) is 12.2 Å². The molecule has 6 heteroatoms. The molecule has 1 heterocycles. The van der Waals surface area contributed by atoms with Gasteiger partial charge in [0.05, 0.1) is 0 Å². The lowest BCUT2D eigenvalue weighted by molar-refractivity contribution is -0.150. The number of hydrogen-bond donors (Lipinski definition) is 2. The Hall–Kier alpha value is -1.69. The second kappa shape index (κ2) is 4.01. The summed E-state index contributed by atoms with van der Waals surface area (Å²) in [4.78, 5) is 32.8. The van der Waals surface area contributed by atoms with Crippen molar-refractivity contribution in [2.45, 2.75) is 19.1 Å². The Morgan fingerprint density at radius 1 is 1.36 bits per heavy atom. The molecule has 76 valence electrons. The van der Waals surface area contributed by atoms with Crippen LogP contribution >= 0.6 is 0 Å². The standard InChI is InChI=1S/C8H9NO5/c10-5-1-2-6(11)9(5)7(12)3-4-8(13)14/h1-2,7,12H,3-4H2,(H,13,14). The maximum Gasteiger partial charge on any atom is 0.303 e. The first-order valence-corrected chi connectivity index (χ1v) is 3.97. The molecule has 0 saturated carbocycles. The van der Waals surface area contributed by atoms with Crippen LogP contribution in [0.5, 0.6) is 0 Å². The van der Waals surface area contributed by atoms with Gasteiger partial charge in [-0.05, 0) is 0 Å². The molecule has 1 aliphatic heterocycles. The highest BCUT2D eigenvalue weighted by atomic mass is 16.4. The number of carbonyl (C=O) groups excluding carboxylic acids is 2. The minimum Gasteiger partial charge on any atom is -0.481 e. The Morgan fingerprint density at radius 2 is 1.86 bits per heavy atom. The first-order valence-electron chi connectivity index (χ1n) is 3.97. The fourth-order valence-corrected chi connectivity index (χ4v) is 1.09. The molecule has 6 nitrogen and oxygen atoms in total. The molecule has 2 N–H and O–H groups in total. The summed E-state index contributed by atoms with van der Waals surface area (Å²) in [5.41, 5.74) is 0. The quantitative estimate of drug-likeness (QED) is 0.572. The third kappa shape index (κ3) is 2.17. The van der Waals surface area contributed by atoms with Crippen LogP contribution in [-0.2, 0) is 14.4 Å². The maximum absolute atomic E-state index is 11.0. The number of aliphatic hydroxyl groups excluding tert-OH is 1. The monoisotopic (exact) mass is 199 g/mol. The summed E-state index contributed by atoms with van der Waals surface area (Å²) in [7, 11) is 0. The van der Waals surface area contributed by atoms with Crippen LogP contribution in [0.2, 0.25) is 0 Å². The van der Waals surface area contributed by atoms with Crippen LogP contribution in [0, 0.1) is 0 Å². The fraction of sp³-hybridized carbons (Fsp3) is 0.375. The summed E-state index contributed by atoms with van der Waals surface area (Å²) >= 11 is 0. The van der Waals surface area contributed by atoms with Crippen molar-refractivity contribution < 1.29 is 24.6 Å². The van der Waals surface area contributed by atoms with Gasteiger partial charge in [-0.2, -0.15) is 0 Å². The van der Waals surface area contributed by atoms with E-state index in [1.54, 1.807) is 0 Å². The van der Waals surface area contributed by atoms with Crippen molar-refractivity contribution in [3.63, 3.8) is 0 Å². The average molecular weight is 199 g/mol. The molecule has 0 aliphatic carbocycles. The molecule has 1 unspecified atom stereocenters. The summed E-state index contributed by atoms with van der Waals surface area (Å²) in [5, 5.41) is 17.6. The molecular weight excluding hydrogens is 190 g/mol. The first kappa shape index (κ1) is 10.4. The fourth-order valence-electron chi connectivity index (χ4n) is 1.09. The van der Waals surface area contributed by atoms with Gasteiger partial charge >= 0.3 is 5.97 Å². The molecule has 0 aromatic rings. The number of carboxylic acids is 1. The number of amides is 2. The maximum atomic E-state index is 11.0. The van der Waals surface area contributed by atoms with E-state index in [0.717, 1.165) is 12.2 Å². The van der Waals surface area contributed by atoms with Gasteiger partial charge in [0, 0.05) is 25.0 Å². The molecular formula is C8H9NO5. The molecule has 14 heavy (non-hydrogen) atoms. The predicted octanol–water partition coefficient (Wildman–Crippen LogP) is -0.905. The van der Waals surface area contributed by atoms with Gasteiger partial charge in [0.2, 0.25) is 0 Å². The van der Waals surface area contributed by atoms with E-state index in [0.29, 0.717) is 4.90 Å². The summed E-state index contributed by atoms with van der Waals surface area (Å²) in [6.07, 6.45) is 0.256. The Balaban J connectivity index is 2.52. The Bertz CT molecular complexity index is 291. The SMILES string of the molecule is O=C(O)CCC(O)N1C(=O)C=CC1=O. The smallest absolute Gasteiger partial charge is 0.303 e. The highest BCUT2D eigenvalue weighted by Crippen LogP contribution is 2.11. The molecule has 2 amide bonds. The zero-order valence-electron chi connectivity index (χ0n) is 7.21. The molecule has 0 saturated heterocycles. The topological polar surface area (TPSA) is 94.9 Å². The lowest BCUT2D eigenvalue weighted by Crippen LogP contribution is -2.40. The molecule has 0 aromatic heterocycles. The predicted molar refractivity (Wildman–Crippen MR) is 43.9 cm³/mol. The van der Waals surface area contributed by atoms with Crippen molar-refractivity contribution in [3.8, 4) is 0 Å². The number of aliphatic carboxylic acids is 1. The van der Waals surface area contributed by atoms with E-state index < -0.39 is 24.0 Å². The minimum absolute atomic E-state index is 0.158. The van der Waals surface area contributed by atoms with Crippen LogP contribution in [0.1, 0.15) is 12.8 Å². The number of hydrogen-bond acceptors (Lipinski definition) is 4. The highest BCUT2D eigenvalue weighted by molar-refractivity contribution is 6.13. The van der Waals surface area contributed by atoms with Crippen LogP contribution < -0.4 is 0 Å². The van der Waals surface area contributed by atoms with Gasteiger partial charge in [0.25, 0.3) is 11.8 Å². The molecule has 1 aliphatic rings. The average Bonchev–Trinajstić information content (AvgIpc) is 2.42. The van der Waals surface area contributed by atoms with E-state index in [9.17, 15) is 19.5 Å². The van der Waals surface area contributed by atoms with E-state index >= 15 is 0 Å². The lowest BCUT2D eigenvalue weighted by atomic mass is 10.2. The first-order chi connectivity index (χ1) is 6.52. The Kier molecular flexibility index (Phi) is 2.98. The van der Waals surface area contributed by atoms with Crippen molar-refractivity contribution in [1.29, 1.82) is 0 Å². The number of imide groups is 1. The summed E-state index contributed by atoms with van der Waals surface area (Å²) < 4.78 is 0. The zero-order valence-corrected chi connectivity index (χ0v) is 7.21. The van der Waals surface area contributed by atoms with Crippen molar-refractivity contribution >= 4 is 17.8 Å². The van der Waals surface area contributed by atoms with Crippen LogP contribution in [-0.4, -0.2) is 39.1 Å². The van der Waals surface area contributed by atoms with Gasteiger partial charge in [0.15, 0.2) is 0 Å². The second-order valence-corrected chi connectivity index (χ2v) is 2.79. The van der Waals surface area contributed by atoms with Crippen molar-refractivity contribution in [2.75, 3.05) is 0 Å². The van der Waals surface area contributed by atoms with Gasteiger partial charge in [0.1, 0.15) is 6.23 Å². The molecule has 0 bridgehead atoms. The lowest BCUT2D eigenvalue weighted by Gasteiger charge is -2.19. The third-order valence-corrected chi connectivity index (χ3v) is 1.76. The molecule has 1 rings (SSSR count). The molecule has 0 radical (unpaired) electrons. The van der Waals surface area contributed by atoms with Crippen molar-refractivity contribution in [2.24, 2.45) is 0 Å². The van der Waals surface area contributed by atoms with Gasteiger partial charge in [-0.1, -0.05) is 0 Å². The largest absolute Gasteiger partial charge is 0.481 e. The van der Waals surface area contributed by atoms with Crippen LogP contribution in [0.25, 0.3) is 0 Å². The van der Waals surface area contributed by atoms with Gasteiger partial charge in [-0.25, -0.2) is 4.90 Å². The summed E-state index contributed by atoms with van der Waals surface area (Å²) in [6.45, 7) is 0. The summed E-state index contributed by atoms with van der Waals surface area (Å²) in [5.74, 6) is -2.32. The molecule has 0 spiro atoms. The number of aliphatic hydroxyl groups is 1. The molecule has 0 fully saturated rings. The van der Waals surface area contributed by atoms with Gasteiger partial charge < -0.3 is 10.2 Å². The van der Waals surface area contributed by atoms with Crippen LogP contribution in [0.4, 0.5) is 0 Å². The number of carbonyl (C=O) groups is 3. The van der Waals surface area contributed by atoms with E-state index in [2.05, 4.69) is 0 Å². The van der Waals surface area contributed by atoms with E-state index in [1.165, 1.54) is 0 Å².